The molecule has 2 aliphatic heterocycles. The van der Waals surface area contributed by atoms with Crippen molar-refractivity contribution in [2.24, 2.45) is 0 Å². The van der Waals surface area contributed by atoms with Gasteiger partial charge in [0.15, 0.2) is 0 Å². The van der Waals surface area contributed by atoms with Crippen LogP contribution in [0.2, 0.25) is 10.0 Å². The molecule has 0 radical (unpaired) electrons. The van der Waals surface area contributed by atoms with E-state index in [4.69, 9.17) is 23.2 Å². The van der Waals surface area contributed by atoms with Crippen molar-refractivity contribution in [1.82, 2.24) is 14.7 Å². The molecule has 7 heteroatoms. The Balaban J connectivity index is 1.51. The molecular weight excluding hydrogens is 407 g/mol. The van der Waals surface area contributed by atoms with E-state index in [0.717, 1.165) is 55.5 Å². The second kappa shape index (κ2) is 8.52. The lowest BCUT2D eigenvalue weighted by Crippen LogP contribution is -2.48. The van der Waals surface area contributed by atoms with Crippen molar-refractivity contribution in [1.29, 1.82) is 0 Å². The zero-order valence-electron chi connectivity index (χ0n) is 16.8. The molecule has 2 aliphatic rings. The number of hydrogen-bond donors (Lipinski definition) is 1. The van der Waals surface area contributed by atoms with Gasteiger partial charge in [0.1, 0.15) is 0 Å². The number of rotatable bonds is 2. The summed E-state index contributed by atoms with van der Waals surface area (Å²) in [4.78, 5) is 18.9. The number of piperazine rings is 1. The van der Waals surface area contributed by atoms with E-state index in [1.165, 1.54) is 11.1 Å². The second-order valence-electron chi connectivity index (χ2n) is 8.05. The number of urea groups is 1. The van der Waals surface area contributed by atoms with Gasteiger partial charge in [0, 0.05) is 60.9 Å². The first-order valence-electron chi connectivity index (χ1n) is 9.91. The van der Waals surface area contributed by atoms with Gasteiger partial charge in [0.05, 0.1) is 0 Å². The lowest BCUT2D eigenvalue weighted by atomic mass is 9.85. The molecule has 2 heterocycles. The van der Waals surface area contributed by atoms with Gasteiger partial charge in [0.2, 0.25) is 0 Å². The van der Waals surface area contributed by atoms with E-state index in [1.807, 2.05) is 29.2 Å². The summed E-state index contributed by atoms with van der Waals surface area (Å²) >= 11 is 12.7. The summed E-state index contributed by atoms with van der Waals surface area (Å²) in [5.74, 6) is 0.197. The van der Waals surface area contributed by atoms with Gasteiger partial charge in [-0.3, -0.25) is 0 Å². The second-order valence-corrected chi connectivity index (χ2v) is 8.89. The molecule has 0 spiro atoms. The van der Waals surface area contributed by atoms with Crippen LogP contribution < -0.4 is 5.32 Å². The molecule has 29 heavy (non-hydrogen) atoms. The Bertz CT molecular complexity index is 894. The molecule has 2 aromatic carbocycles. The number of nitrogens with one attached hydrogen (secondary N) is 1. The molecule has 1 fully saturated rings. The predicted octanol–water partition coefficient (Wildman–Crippen LogP) is 4.35. The van der Waals surface area contributed by atoms with E-state index in [9.17, 15) is 4.79 Å². The smallest absolute Gasteiger partial charge is 0.321 e. The molecule has 0 bridgehead atoms. The van der Waals surface area contributed by atoms with Crippen LogP contribution in [-0.2, 0) is 6.54 Å². The largest absolute Gasteiger partial charge is 0.322 e. The number of likely N-dealkylation sites (N-methyl/N-ethyl adjacent to an activating group) is 2. The third kappa shape index (κ3) is 4.53. The molecule has 2 amide bonds. The standard InChI is InChI=1S/C22H26Cl2N4O/c1-26-7-9-28(10-8-26)22(29)25-17-5-3-15(4-6-17)19-13-27(2)14-20-18(19)11-16(23)12-21(20)24/h3-6,11-12,19H,7-10,13-14H2,1-2H3,(H,25,29). The highest BCUT2D eigenvalue weighted by Gasteiger charge is 2.27. The molecule has 5 nitrogen and oxygen atoms in total. The number of fused-ring (bicyclic) bond motifs is 1. The van der Waals surface area contributed by atoms with Gasteiger partial charge in [-0.1, -0.05) is 35.3 Å². The number of halogens is 2. The summed E-state index contributed by atoms with van der Waals surface area (Å²) in [5, 5.41) is 4.41. The fourth-order valence-corrected chi connectivity index (χ4v) is 4.71. The number of hydrogen-bond acceptors (Lipinski definition) is 3. The van der Waals surface area contributed by atoms with Crippen molar-refractivity contribution in [2.45, 2.75) is 12.5 Å². The monoisotopic (exact) mass is 432 g/mol. The molecule has 1 saturated heterocycles. The minimum absolute atomic E-state index is 0.0350. The Hall–Kier alpha value is -1.79. The molecule has 1 atom stereocenters. The van der Waals surface area contributed by atoms with Crippen LogP contribution in [0, 0.1) is 0 Å². The number of amides is 2. The maximum atomic E-state index is 12.5. The van der Waals surface area contributed by atoms with Crippen LogP contribution in [0.25, 0.3) is 0 Å². The Kier molecular flexibility index (Phi) is 6.02. The first-order valence-corrected chi connectivity index (χ1v) is 10.7. The Morgan fingerprint density at radius 1 is 1.00 bits per heavy atom. The number of carbonyl (C=O) groups is 1. The average molecular weight is 433 g/mol. The summed E-state index contributed by atoms with van der Waals surface area (Å²) < 4.78 is 0. The van der Waals surface area contributed by atoms with Crippen molar-refractivity contribution in [2.75, 3.05) is 52.1 Å². The Morgan fingerprint density at radius 2 is 1.69 bits per heavy atom. The molecular formula is C22H26Cl2N4O. The van der Waals surface area contributed by atoms with Gasteiger partial charge >= 0.3 is 6.03 Å². The lowest BCUT2D eigenvalue weighted by molar-refractivity contribution is 0.164. The van der Waals surface area contributed by atoms with E-state index in [2.05, 4.69) is 41.3 Å². The average Bonchev–Trinajstić information content (AvgIpc) is 2.69. The van der Waals surface area contributed by atoms with Crippen molar-refractivity contribution >= 4 is 34.9 Å². The molecule has 154 valence electrons. The van der Waals surface area contributed by atoms with Crippen LogP contribution in [0.1, 0.15) is 22.6 Å². The summed E-state index contributed by atoms with van der Waals surface area (Å²) in [6.45, 7) is 5.05. The third-order valence-corrected chi connectivity index (χ3v) is 6.40. The first kappa shape index (κ1) is 20.5. The summed E-state index contributed by atoms with van der Waals surface area (Å²) in [6, 6.07) is 11.9. The predicted molar refractivity (Wildman–Crippen MR) is 119 cm³/mol. The summed E-state index contributed by atoms with van der Waals surface area (Å²) in [5.41, 5.74) is 4.33. The van der Waals surface area contributed by atoms with Gasteiger partial charge < -0.3 is 20.0 Å². The molecule has 0 aromatic heterocycles. The van der Waals surface area contributed by atoms with E-state index in [0.29, 0.717) is 5.02 Å². The van der Waals surface area contributed by atoms with Crippen molar-refractivity contribution in [3.63, 3.8) is 0 Å². The van der Waals surface area contributed by atoms with Crippen LogP contribution in [-0.4, -0.2) is 67.5 Å². The van der Waals surface area contributed by atoms with E-state index in [-0.39, 0.29) is 11.9 Å². The molecule has 1 N–H and O–H groups in total. The van der Waals surface area contributed by atoms with Crippen LogP contribution in [0.5, 0.6) is 0 Å². The summed E-state index contributed by atoms with van der Waals surface area (Å²) in [6.07, 6.45) is 0. The van der Waals surface area contributed by atoms with Gasteiger partial charge in [-0.2, -0.15) is 0 Å². The SMILES string of the molecule is CN1CCN(C(=O)Nc2ccc(C3CN(C)Cc4c(Cl)cc(Cl)cc43)cc2)CC1. The topological polar surface area (TPSA) is 38.8 Å². The number of anilines is 1. The van der Waals surface area contributed by atoms with E-state index in [1.54, 1.807) is 0 Å². The third-order valence-electron chi connectivity index (χ3n) is 5.85. The minimum atomic E-state index is -0.0350. The molecule has 2 aromatic rings. The highest BCUT2D eigenvalue weighted by molar-refractivity contribution is 6.35. The van der Waals surface area contributed by atoms with Gasteiger partial charge in [-0.25, -0.2) is 4.79 Å². The van der Waals surface area contributed by atoms with Crippen LogP contribution in [0.15, 0.2) is 36.4 Å². The van der Waals surface area contributed by atoms with Gasteiger partial charge in [-0.05, 0) is 55.1 Å². The molecule has 0 aliphatic carbocycles. The highest BCUT2D eigenvalue weighted by atomic mass is 35.5. The van der Waals surface area contributed by atoms with Gasteiger partial charge in [-0.15, -0.1) is 0 Å². The highest BCUT2D eigenvalue weighted by Crippen LogP contribution is 2.38. The Labute approximate surface area is 182 Å². The van der Waals surface area contributed by atoms with Crippen molar-refractivity contribution in [3.8, 4) is 0 Å². The molecule has 4 rings (SSSR count). The van der Waals surface area contributed by atoms with Crippen LogP contribution >= 0.6 is 23.2 Å². The van der Waals surface area contributed by atoms with Crippen LogP contribution in [0.3, 0.4) is 0 Å². The summed E-state index contributed by atoms with van der Waals surface area (Å²) in [7, 11) is 4.18. The van der Waals surface area contributed by atoms with Crippen molar-refractivity contribution < 1.29 is 4.79 Å². The normalized spacial score (nSPS) is 20.4. The maximum Gasteiger partial charge on any atom is 0.321 e. The lowest BCUT2D eigenvalue weighted by Gasteiger charge is -2.33. The first-order chi connectivity index (χ1) is 13.9. The van der Waals surface area contributed by atoms with E-state index >= 15 is 0 Å². The van der Waals surface area contributed by atoms with Crippen LogP contribution in [0.4, 0.5) is 10.5 Å². The zero-order valence-corrected chi connectivity index (χ0v) is 18.3. The minimum Gasteiger partial charge on any atom is -0.322 e. The molecule has 1 unspecified atom stereocenters. The van der Waals surface area contributed by atoms with Crippen molar-refractivity contribution in [3.05, 3.63) is 63.1 Å². The zero-order chi connectivity index (χ0) is 20.5. The van der Waals surface area contributed by atoms with E-state index < -0.39 is 0 Å². The fourth-order valence-electron chi connectivity index (χ4n) is 4.14. The fraction of sp³-hybridized carbons (Fsp3) is 0.409. The Morgan fingerprint density at radius 3 is 2.38 bits per heavy atom. The molecule has 0 saturated carbocycles. The number of nitrogens with zero attached hydrogens (tertiary/aromatic N) is 3. The maximum absolute atomic E-state index is 12.5. The number of carbonyl (C=O) groups excluding carboxylic acids is 1. The number of benzene rings is 2. The quantitative estimate of drug-likeness (QED) is 0.766. The van der Waals surface area contributed by atoms with Gasteiger partial charge in [0.25, 0.3) is 0 Å².